The van der Waals surface area contributed by atoms with Gasteiger partial charge in [-0.25, -0.2) is 0 Å². The van der Waals surface area contributed by atoms with E-state index in [1.807, 2.05) is 49.4 Å². The normalized spacial score (nSPS) is 14.5. The molecule has 3 nitrogen and oxygen atoms in total. The van der Waals surface area contributed by atoms with E-state index in [9.17, 15) is 13.2 Å². The van der Waals surface area contributed by atoms with Gasteiger partial charge in [0.05, 0.1) is 23.0 Å². The van der Waals surface area contributed by atoms with Gasteiger partial charge in [0.1, 0.15) is 0 Å². The molecule has 0 heterocycles. The summed E-state index contributed by atoms with van der Waals surface area (Å²) in [6.45, 7) is 12.4. The van der Waals surface area contributed by atoms with Crippen LogP contribution in [0.25, 0.3) is 0 Å². The Morgan fingerprint density at radius 2 is 1.43 bits per heavy atom. The van der Waals surface area contributed by atoms with Gasteiger partial charge < -0.3 is 16.0 Å². The second-order valence-electron chi connectivity index (χ2n) is 10.4. The first kappa shape index (κ1) is 29.2. The number of halogens is 3. The Kier molecular flexibility index (Phi) is 9.54. The molecule has 1 aliphatic rings. The highest BCUT2D eigenvalue weighted by Crippen LogP contribution is 2.32. The van der Waals surface area contributed by atoms with Gasteiger partial charge in [0, 0.05) is 11.4 Å². The summed E-state index contributed by atoms with van der Waals surface area (Å²) >= 11 is 0. The average molecular weight is 546 g/mol. The number of hydrogen-bond acceptors (Lipinski definition) is 3. The van der Waals surface area contributed by atoms with Crippen LogP contribution in [0.5, 0.6) is 0 Å². The molecule has 6 heteroatoms. The van der Waals surface area contributed by atoms with E-state index in [0.717, 1.165) is 42.3 Å². The van der Waals surface area contributed by atoms with Crippen LogP contribution in [0, 0.1) is 5.92 Å². The highest BCUT2D eigenvalue weighted by molar-refractivity contribution is 5.61. The quantitative estimate of drug-likeness (QED) is 0.188. The van der Waals surface area contributed by atoms with Crippen LogP contribution in [0.2, 0.25) is 0 Å². The van der Waals surface area contributed by atoms with Gasteiger partial charge in [0.2, 0.25) is 0 Å². The molecule has 0 spiro atoms. The summed E-state index contributed by atoms with van der Waals surface area (Å²) in [4.78, 5) is 0. The van der Waals surface area contributed by atoms with Crippen LogP contribution < -0.4 is 16.0 Å². The molecule has 1 unspecified atom stereocenters. The minimum Gasteiger partial charge on any atom is -0.354 e. The van der Waals surface area contributed by atoms with Gasteiger partial charge in [-0.15, -0.1) is 0 Å². The van der Waals surface area contributed by atoms with Gasteiger partial charge in [0.25, 0.3) is 0 Å². The maximum absolute atomic E-state index is 13.4. The lowest BCUT2D eigenvalue weighted by Crippen LogP contribution is -2.25. The molecule has 0 bridgehead atoms. The van der Waals surface area contributed by atoms with Gasteiger partial charge in [-0.1, -0.05) is 75.5 Å². The van der Waals surface area contributed by atoms with Crippen LogP contribution >= 0.6 is 0 Å². The second kappa shape index (κ2) is 13.1. The minimum atomic E-state index is -4.55. The van der Waals surface area contributed by atoms with Crippen LogP contribution in [-0.4, -0.2) is 12.7 Å². The first-order valence-corrected chi connectivity index (χ1v) is 13.9. The van der Waals surface area contributed by atoms with Gasteiger partial charge in [0.15, 0.2) is 0 Å². The van der Waals surface area contributed by atoms with Crippen molar-refractivity contribution < 1.29 is 13.2 Å². The first-order chi connectivity index (χ1) is 19.2. The van der Waals surface area contributed by atoms with Gasteiger partial charge in [-0.2, -0.15) is 13.2 Å². The first-order valence-electron chi connectivity index (χ1n) is 13.9. The van der Waals surface area contributed by atoms with Crippen molar-refractivity contribution in [3.05, 3.63) is 131 Å². The lowest BCUT2D eigenvalue weighted by atomic mass is 9.96. The highest BCUT2D eigenvalue weighted by atomic mass is 19.4. The smallest absolute Gasteiger partial charge is 0.354 e. The summed E-state index contributed by atoms with van der Waals surface area (Å²) in [6, 6.07) is 24.1. The predicted molar refractivity (Wildman–Crippen MR) is 160 cm³/mol. The maximum atomic E-state index is 13.4. The molecule has 4 rings (SSSR count). The highest BCUT2D eigenvalue weighted by Gasteiger charge is 2.31. The molecule has 0 aliphatic heterocycles. The molecule has 210 valence electrons. The summed E-state index contributed by atoms with van der Waals surface area (Å²) < 4.78 is 40.3. The van der Waals surface area contributed by atoms with Crippen molar-refractivity contribution in [2.45, 2.75) is 51.7 Å². The van der Waals surface area contributed by atoms with Crippen LogP contribution in [0.4, 0.5) is 24.5 Å². The molecule has 0 amide bonds. The molecule has 1 saturated carbocycles. The number of alkyl halides is 3. The third-order valence-electron chi connectivity index (χ3n) is 7.14. The number of hydrogen-bond donors (Lipinski definition) is 3. The standard InChI is InChI=1S/C34H38F3N3/c1-5-25-10-7-12-28(19-25)33(38-22-27-16-17-27)29-13-9-15-31(21-29)39-24(4)32(18-23(3)34(35,36)37)40-30-14-8-11-26(6-2)20-30/h7-15,18-21,27,33,38-40H,3-6,16-17,22H2,1-2H3/b32-18-. The number of allylic oxidation sites excluding steroid dienone is 2. The summed E-state index contributed by atoms with van der Waals surface area (Å²) in [5.74, 6) is 0.713. The average Bonchev–Trinajstić information content (AvgIpc) is 3.77. The van der Waals surface area contributed by atoms with Crippen molar-refractivity contribution in [1.82, 2.24) is 5.32 Å². The van der Waals surface area contributed by atoms with Crippen molar-refractivity contribution in [2.24, 2.45) is 5.92 Å². The maximum Gasteiger partial charge on any atom is 0.415 e. The molecular weight excluding hydrogens is 507 g/mol. The topological polar surface area (TPSA) is 36.1 Å². The van der Waals surface area contributed by atoms with E-state index in [4.69, 9.17) is 0 Å². The summed E-state index contributed by atoms with van der Waals surface area (Å²) in [5, 5.41) is 10.1. The van der Waals surface area contributed by atoms with Crippen LogP contribution in [0.15, 0.2) is 109 Å². The molecule has 1 fully saturated rings. The Hall–Kier alpha value is -3.77. The molecule has 0 saturated heterocycles. The number of aryl methyl sites for hydroxylation is 2. The van der Waals surface area contributed by atoms with Crippen molar-refractivity contribution in [3.8, 4) is 0 Å². The molecule has 3 N–H and O–H groups in total. The monoisotopic (exact) mass is 545 g/mol. The molecule has 0 aromatic heterocycles. The number of nitrogens with one attached hydrogen (secondary N) is 3. The second-order valence-corrected chi connectivity index (χ2v) is 10.4. The summed E-state index contributed by atoms with van der Waals surface area (Å²) in [5.41, 5.74) is 5.56. The molecule has 1 atom stereocenters. The zero-order chi connectivity index (χ0) is 28.7. The lowest BCUT2D eigenvalue weighted by Gasteiger charge is -2.22. The van der Waals surface area contributed by atoms with Crippen LogP contribution in [0.1, 0.15) is 55.0 Å². The minimum absolute atomic E-state index is 0.00274. The Labute approximate surface area is 235 Å². The third-order valence-corrected chi connectivity index (χ3v) is 7.14. The number of benzene rings is 3. The fraction of sp³-hybridized carbons (Fsp3) is 0.294. The van der Waals surface area contributed by atoms with E-state index in [1.54, 1.807) is 0 Å². The lowest BCUT2D eigenvalue weighted by molar-refractivity contribution is -0.0878. The summed E-state index contributed by atoms with van der Waals surface area (Å²) in [6.07, 6.45) is 0.717. The van der Waals surface area contributed by atoms with E-state index in [1.165, 1.54) is 24.0 Å². The molecule has 0 radical (unpaired) electrons. The van der Waals surface area contributed by atoms with E-state index >= 15 is 0 Å². The van der Waals surface area contributed by atoms with E-state index < -0.39 is 11.7 Å². The fourth-order valence-corrected chi connectivity index (χ4v) is 4.54. The Morgan fingerprint density at radius 1 is 0.850 bits per heavy atom. The molecule has 3 aromatic carbocycles. The fourth-order valence-electron chi connectivity index (χ4n) is 4.54. The van der Waals surface area contributed by atoms with Crippen molar-refractivity contribution in [2.75, 3.05) is 17.2 Å². The van der Waals surface area contributed by atoms with E-state index in [2.05, 4.69) is 66.4 Å². The van der Waals surface area contributed by atoms with Crippen molar-refractivity contribution >= 4 is 11.4 Å². The van der Waals surface area contributed by atoms with Gasteiger partial charge in [-0.05, 0) is 90.7 Å². The Morgan fingerprint density at radius 3 is 2.05 bits per heavy atom. The zero-order valence-corrected chi connectivity index (χ0v) is 23.2. The predicted octanol–water partition coefficient (Wildman–Crippen LogP) is 8.94. The van der Waals surface area contributed by atoms with Crippen molar-refractivity contribution in [3.63, 3.8) is 0 Å². The van der Waals surface area contributed by atoms with E-state index in [-0.39, 0.29) is 11.7 Å². The van der Waals surface area contributed by atoms with E-state index in [0.29, 0.717) is 17.3 Å². The summed E-state index contributed by atoms with van der Waals surface area (Å²) in [7, 11) is 0. The largest absolute Gasteiger partial charge is 0.415 e. The molecular formula is C34H38F3N3. The molecule has 40 heavy (non-hydrogen) atoms. The number of anilines is 2. The SMILES string of the molecule is C=C(Nc1cccc(C(NCC2CC2)c2cccc(CC)c2)c1)/C(=C/C(=C)C(F)(F)F)Nc1cccc(CC)c1. The van der Waals surface area contributed by atoms with Crippen LogP contribution in [-0.2, 0) is 12.8 Å². The van der Waals surface area contributed by atoms with Crippen molar-refractivity contribution in [1.29, 1.82) is 0 Å². The Bertz CT molecular complexity index is 1370. The molecule has 1 aliphatic carbocycles. The van der Waals surface area contributed by atoms with Gasteiger partial charge >= 0.3 is 6.18 Å². The zero-order valence-electron chi connectivity index (χ0n) is 23.2. The number of rotatable bonds is 13. The molecule has 3 aromatic rings. The third kappa shape index (κ3) is 8.12. The van der Waals surface area contributed by atoms with Crippen LogP contribution in [0.3, 0.4) is 0 Å². The Balaban J connectivity index is 1.60. The van der Waals surface area contributed by atoms with Gasteiger partial charge in [-0.3, -0.25) is 0 Å².